The number of aliphatic carboxylic acids is 1. The van der Waals surface area contributed by atoms with Gasteiger partial charge in [0.2, 0.25) is 0 Å². The van der Waals surface area contributed by atoms with Crippen molar-refractivity contribution < 1.29 is 40.5 Å². The number of hydrogen-bond acceptors (Lipinski definition) is 9. The number of aromatic nitrogens is 1. The molecule has 3 heterocycles. The van der Waals surface area contributed by atoms with E-state index in [1.54, 1.807) is 18.5 Å². The first-order chi connectivity index (χ1) is 20.4. The number of carboxylic acid groups (broad SMARTS) is 1. The normalized spacial score (nSPS) is 29.6. The largest absolute Gasteiger partial charge is 0.481 e. The molecule has 2 fully saturated rings. The molecule has 0 amide bonds. The van der Waals surface area contributed by atoms with Crippen molar-refractivity contribution in [1.82, 2.24) is 10.3 Å². The van der Waals surface area contributed by atoms with Crippen molar-refractivity contribution in [3.05, 3.63) is 62.2 Å². The van der Waals surface area contributed by atoms with Crippen molar-refractivity contribution in [3.63, 3.8) is 0 Å². The average Bonchev–Trinajstić information content (AvgIpc) is 3.55. The number of methoxy groups -OCH3 is 1. The smallest absolute Gasteiger partial charge is 0.338 e. The van der Waals surface area contributed by atoms with Crippen molar-refractivity contribution in [2.24, 2.45) is 16.3 Å². The van der Waals surface area contributed by atoms with Gasteiger partial charge in [-0.2, -0.15) is 8.42 Å². The van der Waals surface area contributed by atoms with E-state index in [-0.39, 0.29) is 40.1 Å². The fourth-order valence-corrected chi connectivity index (χ4v) is 8.45. The van der Waals surface area contributed by atoms with E-state index in [9.17, 15) is 31.9 Å². The number of carbonyl (C=O) groups is 2. The number of hydrogen-bond donors (Lipinski definition) is 3. The highest BCUT2D eigenvalue weighted by molar-refractivity contribution is 7.66. The van der Waals surface area contributed by atoms with Gasteiger partial charge in [-0.3, -0.25) is 9.79 Å². The minimum Gasteiger partial charge on any atom is -0.481 e. The topological polar surface area (TPSA) is 135 Å². The number of thiazole rings is 1. The number of esters is 1. The average molecular weight is 658 g/mol. The summed E-state index contributed by atoms with van der Waals surface area (Å²) in [5.74, 6) is -4.04. The fraction of sp³-hybridized carbons (Fsp3) is 0.500. The molecular weight excluding hydrogens is 626 g/mol. The summed E-state index contributed by atoms with van der Waals surface area (Å²) >= 11 is 7.54. The van der Waals surface area contributed by atoms with Crippen molar-refractivity contribution in [1.29, 1.82) is 0 Å². The molecule has 43 heavy (non-hydrogen) atoms. The number of ether oxygens (including phenoxy) is 1. The zero-order valence-corrected chi connectivity index (χ0v) is 26.0. The van der Waals surface area contributed by atoms with Crippen molar-refractivity contribution in [2.75, 3.05) is 20.2 Å². The molecular formula is C28H32ClF2N4O6S2+. The Kier molecular flexibility index (Phi) is 8.94. The van der Waals surface area contributed by atoms with Crippen LogP contribution >= 0.6 is 22.9 Å². The minimum atomic E-state index is -2.89. The van der Waals surface area contributed by atoms with Crippen LogP contribution in [0.25, 0.3) is 0 Å². The van der Waals surface area contributed by atoms with Gasteiger partial charge in [0.15, 0.2) is 22.5 Å². The first-order valence-electron chi connectivity index (χ1n) is 13.9. The Balaban J connectivity index is 1.51. The first-order valence-corrected chi connectivity index (χ1v) is 16.3. The fourth-order valence-electron chi connectivity index (χ4n) is 6.55. The molecule has 5 rings (SSSR count). The van der Waals surface area contributed by atoms with Crippen LogP contribution in [0.5, 0.6) is 0 Å². The van der Waals surface area contributed by atoms with E-state index in [1.165, 1.54) is 24.5 Å². The number of piperidine rings is 1. The molecule has 2 aromatic rings. The monoisotopic (exact) mass is 657 g/mol. The highest BCUT2D eigenvalue weighted by Gasteiger charge is 2.50. The number of likely N-dealkylation sites (tertiary alicyclic amines) is 1. The quantitative estimate of drug-likeness (QED) is 0.173. The predicted molar refractivity (Wildman–Crippen MR) is 156 cm³/mol. The molecule has 0 radical (unpaired) electrons. The van der Waals surface area contributed by atoms with Gasteiger partial charge in [-0.05, 0) is 25.8 Å². The number of aliphatic imine (C=N–C) groups is 1. The summed E-state index contributed by atoms with van der Waals surface area (Å²) in [6.45, 7) is 2.22. The van der Waals surface area contributed by atoms with E-state index in [1.807, 2.05) is 0 Å². The highest BCUT2D eigenvalue weighted by atomic mass is 35.5. The number of rotatable bonds is 7. The van der Waals surface area contributed by atoms with Crippen LogP contribution in [0.4, 0.5) is 8.78 Å². The van der Waals surface area contributed by atoms with Crippen molar-refractivity contribution >= 4 is 51.6 Å². The van der Waals surface area contributed by atoms with Crippen molar-refractivity contribution in [2.45, 2.75) is 57.5 Å². The summed E-state index contributed by atoms with van der Waals surface area (Å²) in [4.78, 5) is 34.0. The van der Waals surface area contributed by atoms with Crippen LogP contribution in [-0.2, 0) is 25.2 Å². The number of halogens is 3. The summed E-state index contributed by atoms with van der Waals surface area (Å²) in [6.07, 6.45) is 4.07. The second-order valence-corrected chi connectivity index (χ2v) is 14.0. The van der Waals surface area contributed by atoms with Crippen LogP contribution in [-0.4, -0.2) is 66.4 Å². The summed E-state index contributed by atoms with van der Waals surface area (Å²) in [7, 11) is -1.69. The number of nitrogens with zero attached hydrogens (tertiary/aromatic N) is 3. The van der Waals surface area contributed by atoms with Crippen molar-refractivity contribution in [3.8, 4) is 0 Å². The summed E-state index contributed by atoms with van der Waals surface area (Å²) in [5.41, 5.74) is -0.288. The Bertz CT molecular complexity index is 1550. The summed E-state index contributed by atoms with van der Waals surface area (Å²) in [6, 6.07) is 0.820. The van der Waals surface area contributed by atoms with Gasteiger partial charge < -0.3 is 15.2 Å². The minimum absolute atomic E-state index is 0.0706. The molecule has 3 aliphatic rings. The maximum absolute atomic E-state index is 14.6. The van der Waals surface area contributed by atoms with Crippen LogP contribution in [0, 0.1) is 23.0 Å². The number of carbonyl (C=O) groups excluding carboxylic acids is 1. The number of thiol groups is 1. The Morgan fingerprint density at radius 1 is 1.19 bits per heavy atom. The number of benzene rings is 1. The lowest BCUT2D eigenvalue weighted by molar-refractivity contribution is -0.838. The number of nitrogens with one attached hydrogen (secondary N) is 1. The van der Waals surface area contributed by atoms with Gasteiger partial charge in [-0.15, -0.1) is 11.3 Å². The number of allylic oxidation sites excluding steroid dienone is 1. The van der Waals surface area contributed by atoms with E-state index >= 15 is 0 Å². The molecule has 0 spiro atoms. The Labute approximate surface area is 258 Å². The molecule has 0 unspecified atom stereocenters. The maximum Gasteiger partial charge on any atom is 0.338 e. The van der Waals surface area contributed by atoms with Crippen LogP contribution in [0.2, 0.25) is 5.02 Å². The standard InChI is InChI=1S/C28H31ClF2N4O6S2/c1-28(27(37)38)9-5-16(6-10-28)35(43(39)40)12-7-15(8-13-35)22-19(26(36)41-2)23(17-3-4-18(30)21(31)20(17)29)34-24(33-22)25-32-11-14-42-25/h3-4,11,14-16,23,43H,5-10,12-13H2,1-2H3,(H-,33,34,36,37,38)/p+1/t15?,16-,23-,28+,35?/m1/s1. The van der Waals surface area contributed by atoms with E-state index in [2.05, 4.69) is 15.3 Å². The third-order valence-corrected chi connectivity index (χ3v) is 11.7. The van der Waals surface area contributed by atoms with E-state index in [0.717, 1.165) is 6.07 Å². The second-order valence-electron chi connectivity index (χ2n) is 11.5. The van der Waals surface area contributed by atoms with Gasteiger partial charge in [0.1, 0.15) is 12.1 Å². The van der Waals surface area contributed by atoms with Gasteiger partial charge in [0, 0.05) is 54.4 Å². The zero-order valence-electron chi connectivity index (χ0n) is 23.5. The summed E-state index contributed by atoms with van der Waals surface area (Å²) in [5, 5.41) is 14.6. The Morgan fingerprint density at radius 3 is 2.42 bits per heavy atom. The van der Waals surface area contributed by atoms with E-state index in [0.29, 0.717) is 55.1 Å². The van der Waals surface area contributed by atoms with Crippen LogP contribution < -0.4 is 5.32 Å². The molecule has 1 saturated heterocycles. The molecule has 15 heteroatoms. The molecule has 10 nitrogen and oxygen atoms in total. The maximum atomic E-state index is 14.6. The third kappa shape index (κ3) is 5.69. The molecule has 1 aromatic carbocycles. The lowest BCUT2D eigenvalue weighted by Crippen LogP contribution is -2.60. The van der Waals surface area contributed by atoms with Crippen LogP contribution in [0.15, 0.2) is 40.0 Å². The number of carboxylic acids is 1. The molecule has 1 aliphatic carbocycles. The Morgan fingerprint density at radius 2 is 1.86 bits per heavy atom. The van der Waals surface area contributed by atoms with Gasteiger partial charge in [0.25, 0.3) is 10.9 Å². The number of quaternary nitrogens is 1. The molecule has 1 saturated carbocycles. The molecule has 2 N–H and O–H groups in total. The lowest BCUT2D eigenvalue weighted by atomic mass is 9.73. The van der Waals surface area contributed by atoms with Gasteiger partial charge in [0.05, 0.1) is 36.2 Å². The molecule has 2 aliphatic heterocycles. The SMILES string of the molecule is COC(=O)C1=C(C2CC[N+]([C@H]3CC[C@@](C)(C(=O)O)CC3)([SH](=O)=O)CC2)NC(c2nccs2)=N[C@@H]1c1ccc(F)c(F)c1Cl. The third-order valence-electron chi connectivity index (χ3n) is 9.19. The molecule has 232 valence electrons. The predicted octanol–water partition coefficient (Wildman–Crippen LogP) is 4.38. The zero-order chi connectivity index (χ0) is 31.1. The highest BCUT2D eigenvalue weighted by Crippen LogP contribution is 2.45. The van der Waals surface area contributed by atoms with E-state index < -0.39 is 50.9 Å². The lowest BCUT2D eigenvalue weighted by Gasteiger charge is -2.47. The second kappa shape index (κ2) is 12.2. The van der Waals surface area contributed by atoms with Gasteiger partial charge in [-0.1, -0.05) is 17.7 Å². The number of amidine groups is 1. The first kappa shape index (κ1) is 31.5. The van der Waals surface area contributed by atoms with Crippen LogP contribution in [0.1, 0.15) is 62.1 Å². The molecule has 1 aromatic heterocycles. The Hall–Kier alpha value is -2.94. The molecule has 0 bridgehead atoms. The van der Waals surface area contributed by atoms with E-state index in [4.69, 9.17) is 16.3 Å². The van der Waals surface area contributed by atoms with Gasteiger partial charge >= 0.3 is 11.9 Å². The summed E-state index contributed by atoms with van der Waals surface area (Å²) < 4.78 is 59.2. The molecule has 1 atom stereocenters. The van der Waals surface area contributed by atoms with Gasteiger partial charge in [-0.25, -0.2) is 22.4 Å². The van der Waals surface area contributed by atoms with Crippen LogP contribution in [0.3, 0.4) is 0 Å².